The number of methoxy groups -OCH3 is 1. The van der Waals surface area contributed by atoms with Crippen LogP contribution in [-0.4, -0.2) is 32.1 Å². The summed E-state index contributed by atoms with van der Waals surface area (Å²) in [7, 11) is 3.38. The van der Waals surface area contributed by atoms with E-state index in [1.165, 1.54) is 0 Å². The summed E-state index contributed by atoms with van der Waals surface area (Å²) in [6.07, 6.45) is 1.39. The van der Waals surface area contributed by atoms with Crippen molar-refractivity contribution in [3.8, 4) is 5.75 Å². The van der Waals surface area contributed by atoms with Gasteiger partial charge in [-0.2, -0.15) is 0 Å². The molecular formula is C11H16ClNO2S. The minimum atomic E-state index is -0.556. The van der Waals surface area contributed by atoms with E-state index in [0.717, 1.165) is 10.5 Å². The molecule has 5 heteroatoms. The molecule has 0 aliphatic carbocycles. The first kappa shape index (κ1) is 13.6. The highest BCUT2D eigenvalue weighted by Crippen LogP contribution is 2.37. The summed E-state index contributed by atoms with van der Waals surface area (Å²) >= 11 is 7.63. The van der Waals surface area contributed by atoms with Gasteiger partial charge in [0.25, 0.3) is 0 Å². The first-order valence-corrected chi connectivity index (χ1v) is 6.48. The molecule has 1 aromatic rings. The molecule has 0 saturated heterocycles. The van der Waals surface area contributed by atoms with Crippen molar-refractivity contribution in [2.75, 3.05) is 27.0 Å². The standard InChI is InChI=1S/C11H16ClNO2S/c1-13-6-9(14)7-4-8(12)11(15-2)10(5-7)16-3/h4-5,9,13-14H,6H2,1-3H3. The molecule has 16 heavy (non-hydrogen) atoms. The Balaban J connectivity index is 3.09. The molecule has 1 aromatic carbocycles. The lowest BCUT2D eigenvalue weighted by Gasteiger charge is -2.15. The Morgan fingerprint density at radius 2 is 2.25 bits per heavy atom. The van der Waals surface area contributed by atoms with Crippen molar-refractivity contribution in [3.63, 3.8) is 0 Å². The summed E-state index contributed by atoms with van der Waals surface area (Å²) in [5, 5.41) is 13.3. The van der Waals surface area contributed by atoms with Crippen molar-refractivity contribution < 1.29 is 9.84 Å². The van der Waals surface area contributed by atoms with Crippen LogP contribution in [0.25, 0.3) is 0 Å². The van der Waals surface area contributed by atoms with Crippen molar-refractivity contribution in [2.24, 2.45) is 0 Å². The van der Waals surface area contributed by atoms with E-state index < -0.39 is 6.10 Å². The zero-order valence-electron chi connectivity index (χ0n) is 9.58. The Morgan fingerprint density at radius 3 is 2.75 bits per heavy atom. The Morgan fingerprint density at radius 1 is 1.56 bits per heavy atom. The maximum absolute atomic E-state index is 9.86. The van der Waals surface area contributed by atoms with Crippen LogP contribution < -0.4 is 10.1 Å². The molecule has 0 aliphatic heterocycles. The van der Waals surface area contributed by atoms with Crippen molar-refractivity contribution in [1.82, 2.24) is 5.32 Å². The summed E-state index contributed by atoms with van der Waals surface area (Å²) < 4.78 is 5.21. The molecule has 0 spiro atoms. The number of likely N-dealkylation sites (N-methyl/N-ethyl adjacent to an activating group) is 1. The molecule has 0 heterocycles. The van der Waals surface area contributed by atoms with Crippen LogP contribution in [0, 0.1) is 0 Å². The molecule has 2 N–H and O–H groups in total. The van der Waals surface area contributed by atoms with E-state index in [-0.39, 0.29) is 0 Å². The average Bonchev–Trinajstić information content (AvgIpc) is 2.28. The van der Waals surface area contributed by atoms with Crippen molar-refractivity contribution in [2.45, 2.75) is 11.0 Å². The summed E-state index contributed by atoms with van der Waals surface area (Å²) in [6.45, 7) is 0.497. The summed E-state index contributed by atoms with van der Waals surface area (Å²) in [5.74, 6) is 0.662. The monoisotopic (exact) mass is 261 g/mol. The first-order valence-electron chi connectivity index (χ1n) is 4.88. The molecule has 3 nitrogen and oxygen atoms in total. The van der Waals surface area contributed by atoms with Gasteiger partial charge >= 0.3 is 0 Å². The zero-order valence-corrected chi connectivity index (χ0v) is 11.2. The molecule has 0 fully saturated rings. The lowest BCUT2D eigenvalue weighted by Crippen LogP contribution is -2.16. The van der Waals surface area contributed by atoms with Gasteiger partial charge < -0.3 is 15.2 Å². The third kappa shape index (κ3) is 3.04. The predicted octanol–water partition coefficient (Wildman–Crippen LogP) is 2.32. The highest BCUT2D eigenvalue weighted by atomic mass is 35.5. The normalized spacial score (nSPS) is 12.6. The van der Waals surface area contributed by atoms with E-state index in [9.17, 15) is 5.11 Å². The fraction of sp³-hybridized carbons (Fsp3) is 0.455. The number of ether oxygens (including phenoxy) is 1. The molecular weight excluding hydrogens is 246 g/mol. The number of nitrogens with one attached hydrogen (secondary N) is 1. The van der Waals surface area contributed by atoms with Gasteiger partial charge in [0, 0.05) is 6.54 Å². The largest absolute Gasteiger partial charge is 0.494 e. The van der Waals surface area contributed by atoms with Crippen molar-refractivity contribution in [3.05, 3.63) is 22.7 Å². The summed E-state index contributed by atoms with van der Waals surface area (Å²) in [5.41, 5.74) is 0.796. The number of benzene rings is 1. The lowest BCUT2D eigenvalue weighted by atomic mass is 10.1. The van der Waals surface area contributed by atoms with E-state index in [1.807, 2.05) is 12.3 Å². The number of aliphatic hydroxyl groups excluding tert-OH is 1. The van der Waals surface area contributed by atoms with E-state index in [0.29, 0.717) is 17.3 Å². The molecule has 1 rings (SSSR count). The Hall–Kier alpha value is -0.420. The third-order valence-corrected chi connectivity index (χ3v) is 3.26. The Labute approximate surface area is 105 Å². The number of thioether (sulfide) groups is 1. The molecule has 1 unspecified atom stereocenters. The first-order chi connectivity index (χ1) is 7.63. The fourth-order valence-electron chi connectivity index (χ4n) is 1.44. The number of rotatable bonds is 5. The zero-order chi connectivity index (χ0) is 12.1. The topological polar surface area (TPSA) is 41.5 Å². The second-order valence-corrected chi connectivity index (χ2v) is 4.57. The quantitative estimate of drug-likeness (QED) is 0.799. The van der Waals surface area contributed by atoms with E-state index in [2.05, 4.69) is 5.32 Å². The predicted molar refractivity (Wildman–Crippen MR) is 68.7 cm³/mol. The molecule has 1 atom stereocenters. The number of halogens is 1. The minimum Gasteiger partial charge on any atom is -0.494 e. The Bertz CT molecular complexity index is 360. The van der Waals surface area contributed by atoms with Crippen LogP contribution in [0.2, 0.25) is 5.02 Å². The van der Waals surface area contributed by atoms with Gasteiger partial charge in [0.2, 0.25) is 0 Å². The average molecular weight is 262 g/mol. The summed E-state index contributed by atoms with van der Waals surface area (Å²) in [6, 6.07) is 3.64. The smallest absolute Gasteiger partial charge is 0.150 e. The van der Waals surface area contributed by atoms with Crippen LogP contribution in [0.5, 0.6) is 5.75 Å². The van der Waals surface area contributed by atoms with Crippen molar-refractivity contribution in [1.29, 1.82) is 0 Å². The summed E-state index contributed by atoms with van der Waals surface area (Å²) in [4.78, 5) is 0.931. The van der Waals surface area contributed by atoms with Crippen LogP contribution >= 0.6 is 23.4 Å². The van der Waals surface area contributed by atoms with Gasteiger partial charge in [0.1, 0.15) is 0 Å². The molecule has 0 aromatic heterocycles. The van der Waals surface area contributed by atoms with Gasteiger partial charge in [-0.3, -0.25) is 0 Å². The SMILES string of the molecule is CNCC(O)c1cc(Cl)c(OC)c(SC)c1. The van der Waals surface area contributed by atoms with E-state index in [4.69, 9.17) is 16.3 Å². The maximum atomic E-state index is 9.86. The van der Waals surface area contributed by atoms with Crippen LogP contribution in [0.1, 0.15) is 11.7 Å². The van der Waals surface area contributed by atoms with Crippen LogP contribution in [-0.2, 0) is 0 Å². The molecule has 0 radical (unpaired) electrons. The van der Waals surface area contributed by atoms with Crippen LogP contribution in [0.15, 0.2) is 17.0 Å². The Kier molecular flexibility index (Phi) is 5.41. The molecule has 0 saturated carbocycles. The maximum Gasteiger partial charge on any atom is 0.150 e. The molecule has 0 amide bonds. The molecule has 90 valence electrons. The second kappa shape index (κ2) is 6.35. The van der Waals surface area contributed by atoms with Gasteiger partial charge in [-0.15, -0.1) is 11.8 Å². The number of hydrogen-bond acceptors (Lipinski definition) is 4. The highest BCUT2D eigenvalue weighted by molar-refractivity contribution is 7.98. The molecule has 0 bridgehead atoms. The number of aliphatic hydroxyl groups is 1. The van der Waals surface area contributed by atoms with Gasteiger partial charge in [0.05, 0.1) is 23.1 Å². The van der Waals surface area contributed by atoms with E-state index in [1.54, 1.807) is 32.0 Å². The van der Waals surface area contributed by atoms with Gasteiger partial charge in [0.15, 0.2) is 5.75 Å². The third-order valence-electron chi connectivity index (χ3n) is 2.24. The van der Waals surface area contributed by atoms with Gasteiger partial charge in [-0.25, -0.2) is 0 Å². The van der Waals surface area contributed by atoms with Crippen molar-refractivity contribution >= 4 is 23.4 Å². The second-order valence-electron chi connectivity index (χ2n) is 3.31. The van der Waals surface area contributed by atoms with Crippen LogP contribution in [0.3, 0.4) is 0 Å². The lowest BCUT2D eigenvalue weighted by molar-refractivity contribution is 0.177. The minimum absolute atomic E-state index is 0.497. The van der Waals surface area contributed by atoms with Gasteiger partial charge in [-0.05, 0) is 31.0 Å². The highest BCUT2D eigenvalue weighted by Gasteiger charge is 2.14. The van der Waals surface area contributed by atoms with Crippen LogP contribution in [0.4, 0.5) is 0 Å². The van der Waals surface area contributed by atoms with Gasteiger partial charge in [-0.1, -0.05) is 11.6 Å². The fourth-order valence-corrected chi connectivity index (χ4v) is 2.44. The van der Waals surface area contributed by atoms with E-state index >= 15 is 0 Å². The number of hydrogen-bond donors (Lipinski definition) is 2. The molecule has 0 aliphatic rings.